The molecule has 1 amide bonds. The van der Waals surface area contributed by atoms with E-state index in [1.807, 2.05) is 0 Å². The van der Waals surface area contributed by atoms with Gasteiger partial charge in [-0.15, -0.1) is 0 Å². The summed E-state index contributed by atoms with van der Waals surface area (Å²) in [5.74, 6) is -0.380. The van der Waals surface area contributed by atoms with Crippen LogP contribution in [0.25, 0.3) is 0 Å². The van der Waals surface area contributed by atoms with Gasteiger partial charge in [0, 0.05) is 25.2 Å². The number of amides is 1. The molecule has 0 aromatic heterocycles. The zero-order chi connectivity index (χ0) is 13.5. The molecule has 0 radical (unpaired) electrons. The van der Waals surface area contributed by atoms with E-state index in [4.69, 9.17) is 5.73 Å². The molecular weight excluding hydrogens is 231 g/mol. The summed E-state index contributed by atoms with van der Waals surface area (Å²) in [7, 11) is 0. The number of aryl methyl sites for hydroxylation is 1. The average Bonchev–Trinajstić information content (AvgIpc) is 2.33. The highest BCUT2D eigenvalue weighted by molar-refractivity contribution is 5.95. The number of carbonyl (C=O) groups excluding carboxylic acids is 1. The minimum Gasteiger partial charge on any atom is -0.337 e. The van der Waals surface area contributed by atoms with E-state index >= 15 is 0 Å². The Morgan fingerprint density at radius 1 is 1.39 bits per heavy atom. The number of halogens is 1. The van der Waals surface area contributed by atoms with Crippen LogP contribution in [0.15, 0.2) is 18.2 Å². The molecule has 0 unspecified atom stereocenters. The summed E-state index contributed by atoms with van der Waals surface area (Å²) < 4.78 is 13.0. The predicted octanol–water partition coefficient (Wildman–Crippen LogP) is 2.34. The largest absolute Gasteiger partial charge is 0.337 e. The van der Waals surface area contributed by atoms with Crippen molar-refractivity contribution >= 4 is 5.91 Å². The van der Waals surface area contributed by atoms with Crippen molar-refractivity contribution in [3.63, 3.8) is 0 Å². The van der Waals surface area contributed by atoms with Crippen LogP contribution in [0.3, 0.4) is 0 Å². The summed E-state index contributed by atoms with van der Waals surface area (Å²) in [5, 5.41) is 0. The first kappa shape index (κ1) is 14.6. The molecule has 0 heterocycles. The van der Waals surface area contributed by atoms with Crippen LogP contribution in [-0.2, 0) is 0 Å². The maximum atomic E-state index is 13.0. The van der Waals surface area contributed by atoms with Crippen LogP contribution in [-0.4, -0.2) is 30.4 Å². The molecule has 1 aromatic rings. The van der Waals surface area contributed by atoms with E-state index in [-0.39, 0.29) is 11.7 Å². The predicted molar refractivity (Wildman–Crippen MR) is 71.0 cm³/mol. The summed E-state index contributed by atoms with van der Waals surface area (Å²) in [6.07, 6.45) is 1.97. The zero-order valence-electron chi connectivity index (χ0n) is 11.1. The van der Waals surface area contributed by atoms with Gasteiger partial charge in [0.05, 0.1) is 0 Å². The molecule has 3 nitrogen and oxygen atoms in total. The van der Waals surface area contributed by atoms with Gasteiger partial charge in [-0.3, -0.25) is 4.79 Å². The van der Waals surface area contributed by atoms with Gasteiger partial charge < -0.3 is 10.6 Å². The molecule has 100 valence electrons. The molecule has 0 saturated heterocycles. The van der Waals surface area contributed by atoms with Crippen LogP contribution >= 0.6 is 0 Å². The van der Waals surface area contributed by atoms with Gasteiger partial charge in [-0.05, 0) is 37.1 Å². The smallest absolute Gasteiger partial charge is 0.254 e. The Kier molecular flexibility index (Phi) is 5.78. The number of nitrogens with two attached hydrogens (primary N) is 1. The second kappa shape index (κ2) is 7.11. The van der Waals surface area contributed by atoms with Crippen molar-refractivity contribution in [2.45, 2.75) is 26.7 Å². The Hall–Kier alpha value is -1.42. The summed E-state index contributed by atoms with van der Waals surface area (Å²) >= 11 is 0. The van der Waals surface area contributed by atoms with Gasteiger partial charge in [0.15, 0.2) is 0 Å². The van der Waals surface area contributed by atoms with Crippen molar-refractivity contribution in [3.8, 4) is 0 Å². The average molecular weight is 252 g/mol. The van der Waals surface area contributed by atoms with E-state index in [1.54, 1.807) is 17.9 Å². The van der Waals surface area contributed by atoms with Crippen molar-refractivity contribution < 1.29 is 9.18 Å². The number of hydrogen-bond donors (Lipinski definition) is 1. The van der Waals surface area contributed by atoms with E-state index in [0.717, 1.165) is 12.8 Å². The van der Waals surface area contributed by atoms with Crippen LogP contribution in [0.1, 0.15) is 35.7 Å². The highest BCUT2D eigenvalue weighted by atomic mass is 19.1. The molecule has 1 rings (SSSR count). The molecule has 4 heteroatoms. The molecule has 0 fully saturated rings. The molecule has 0 atom stereocenters. The van der Waals surface area contributed by atoms with Gasteiger partial charge in [-0.1, -0.05) is 13.3 Å². The van der Waals surface area contributed by atoms with Gasteiger partial charge in [0.25, 0.3) is 5.91 Å². The third kappa shape index (κ3) is 3.81. The number of nitrogens with zero attached hydrogens (tertiary/aromatic N) is 1. The Morgan fingerprint density at radius 3 is 2.67 bits per heavy atom. The molecule has 0 bridgehead atoms. The lowest BCUT2D eigenvalue weighted by Gasteiger charge is -2.22. The first-order valence-electron chi connectivity index (χ1n) is 6.35. The van der Waals surface area contributed by atoms with Crippen LogP contribution in [0.2, 0.25) is 0 Å². The van der Waals surface area contributed by atoms with Crippen LogP contribution in [0, 0.1) is 12.7 Å². The number of benzene rings is 1. The van der Waals surface area contributed by atoms with E-state index in [9.17, 15) is 9.18 Å². The lowest BCUT2D eigenvalue weighted by molar-refractivity contribution is 0.0757. The molecule has 2 N–H and O–H groups in total. The number of carbonyl (C=O) groups is 1. The van der Waals surface area contributed by atoms with E-state index in [0.29, 0.717) is 30.8 Å². The SMILES string of the molecule is CCCCN(CCN)C(=O)c1ccc(F)cc1C. The first-order valence-corrected chi connectivity index (χ1v) is 6.35. The fraction of sp³-hybridized carbons (Fsp3) is 0.500. The minimum absolute atomic E-state index is 0.0635. The van der Waals surface area contributed by atoms with Crippen molar-refractivity contribution in [1.29, 1.82) is 0 Å². The highest BCUT2D eigenvalue weighted by Gasteiger charge is 2.16. The van der Waals surface area contributed by atoms with Gasteiger partial charge in [0.1, 0.15) is 5.82 Å². The Balaban J connectivity index is 2.87. The monoisotopic (exact) mass is 252 g/mol. The molecule has 0 aliphatic carbocycles. The van der Waals surface area contributed by atoms with Gasteiger partial charge in [0.2, 0.25) is 0 Å². The lowest BCUT2D eigenvalue weighted by atomic mass is 10.1. The maximum Gasteiger partial charge on any atom is 0.254 e. The second-order valence-corrected chi connectivity index (χ2v) is 4.39. The van der Waals surface area contributed by atoms with Gasteiger partial charge in [-0.25, -0.2) is 4.39 Å². The molecule has 0 aliphatic heterocycles. The fourth-order valence-corrected chi connectivity index (χ4v) is 1.86. The van der Waals surface area contributed by atoms with Gasteiger partial charge >= 0.3 is 0 Å². The molecule has 0 saturated carbocycles. The summed E-state index contributed by atoms with van der Waals surface area (Å²) in [6.45, 7) is 5.50. The Bertz CT molecular complexity index is 407. The van der Waals surface area contributed by atoms with Crippen molar-refractivity contribution in [2.24, 2.45) is 5.73 Å². The van der Waals surface area contributed by atoms with E-state index in [1.165, 1.54) is 12.1 Å². The second-order valence-electron chi connectivity index (χ2n) is 4.39. The number of hydrogen-bond acceptors (Lipinski definition) is 2. The third-order valence-corrected chi connectivity index (χ3v) is 2.89. The van der Waals surface area contributed by atoms with E-state index < -0.39 is 0 Å². The van der Waals surface area contributed by atoms with Crippen LogP contribution in [0.5, 0.6) is 0 Å². The highest BCUT2D eigenvalue weighted by Crippen LogP contribution is 2.13. The Morgan fingerprint density at radius 2 is 2.11 bits per heavy atom. The standard InChI is InChI=1S/C14H21FN2O/c1-3-4-8-17(9-7-16)14(18)13-6-5-12(15)10-11(13)2/h5-6,10H,3-4,7-9,16H2,1-2H3. The maximum absolute atomic E-state index is 13.0. The Labute approximate surface area is 108 Å². The molecule has 0 aliphatic rings. The quantitative estimate of drug-likeness (QED) is 0.844. The van der Waals surface area contributed by atoms with Crippen molar-refractivity contribution in [3.05, 3.63) is 35.1 Å². The minimum atomic E-state index is -0.317. The molecule has 18 heavy (non-hydrogen) atoms. The fourth-order valence-electron chi connectivity index (χ4n) is 1.86. The number of rotatable bonds is 6. The molecule has 0 spiro atoms. The third-order valence-electron chi connectivity index (χ3n) is 2.89. The normalized spacial score (nSPS) is 10.4. The van der Waals surface area contributed by atoms with Crippen molar-refractivity contribution in [2.75, 3.05) is 19.6 Å². The van der Waals surface area contributed by atoms with Crippen molar-refractivity contribution in [1.82, 2.24) is 4.90 Å². The van der Waals surface area contributed by atoms with Crippen LogP contribution in [0.4, 0.5) is 4.39 Å². The van der Waals surface area contributed by atoms with E-state index in [2.05, 4.69) is 6.92 Å². The first-order chi connectivity index (χ1) is 8.60. The summed E-state index contributed by atoms with van der Waals surface area (Å²) in [4.78, 5) is 14.1. The molecular formula is C14H21FN2O. The lowest BCUT2D eigenvalue weighted by Crippen LogP contribution is -2.36. The van der Waals surface area contributed by atoms with Crippen LogP contribution < -0.4 is 5.73 Å². The summed E-state index contributed by atoms with van der Waals surface area (Å²) in [5.41, 5.74) is 6.75. The molecule has 1 aromatic carbocycles. The topological polar surface area (TPSA) is 46.3 Å². The number of unbranched alkanes of at least 4 members (excludes halogenated alkanes) is 1. The zero-order valence-corrected chi connectivity index (χ0v) is 11.1. The summed E-state index contributed by atoms with van der Waals surface area (Å²) in [6, 6.07) is 4.25. The van der Waals surface area contributed by atoms with Gasteiger partial charge in [-0.2, -0.15) is 0 Å².